The van der Waals surface area contributed by atoms with Crippen LogP contribution in [0.5, 0.6) is 0 Å². The van der Waals surface area contributed by atoms with Crippen LogP contribution in [0.1, 0.15) is 17.3 Å². The van der Waals surface area contributed by atoms with Crippen LogP contribution in [0.4, 0.5) is 5.69 Å². The highest BCUT2D eigenvalue weighted by molar-refractivity contribution is 9.10. The molecule has 6 heteroatoms. The molecule has 0 spiro atoms. The van der Waals surface area contributed by atoms with Crippen molar-refractivity contribution in [1.82, 2.24) is 0 Å². The second kappa shape index (κ2) is 5.21. The summed E-state index contributed by atoms with van der Waals surface area (Å²) in [5.74, 6) is -1.51. The Balaban J connectivity index is 2.24. The third kappa shape index (κ3) is 2.73. The van der Waals surface area contributed by atoms with Gasteiger partial charge >= 0.3 is 5.97 Å². The van der Waals surface area contributed by atoms with Crippen molar-refractivity contribution < 1.29 is 14.7 Å². The number of hydrogen-bond donors (Lipinski definition) is 2. The van der Waals surface area contributed by atoms with Crippen molar-refractivity contribution in [2.45, 2.75) is 6.92 Å². The van der Waals surface area contributed by atoms with Crippen LogP contribution in [-0.4, -0.2) is 30.1 Å². The zero-order chi connectivity index (χ0) is 14.2. The fraction of sp³-hybridized carbons (Fsp3) is 0.385. The summed E-state index contributed by atoms with van der Waals surface area (Å²) < 4.78 is 0.752. The molecule has 1 saturated heterocycles. The molecular formula is C13H15BrN2O3. The lowest BCUT2D eigenvalue weighted by atomic mass is 9.99. The number of aliphatic carboxylic acids is 1. The van der Waals surface area contributed by atoms with E-state index in [1.807, 2.05) is 11.8 Å². The van der Waals surface area contributed by atoms with E-state index in [9.17, 15) is 9.59 Å². The molecule has 0 unspecified atom stereocenters. The number of carbonyl (C=O) groups is 2. The lowest BCUT2D eigenvalue weighted by Crippen LogP contribution is -2.23. The second-order valence-electron chi connectivity index (χ2n) is 4.86. The van der Waals surface area contributed by atoms with E-state index in [1.54, 1.807) is 18.2 Å². The smallest absolute Gasteiger partial charge is 0.308 e. The van der Waals surface area contributed by atoms with Crippen molar-refractivity contribution in [1.29, 1.82) is 0 Å². The van der Waals surface area contributed by atoms with E-state index >= 15 is 0 Å². The molecule has 1 aliphatic heterocycles. The maximum atomic E-state index is 11.1. The Morgan fingerprint density at radius 2 is 2.11 bits per heavy atom. The molecule has 1 aliphatic rings. The molecule has 0 radical (unpaired) electrons. The first-order valence-corrected chi connectivity index (χ1v) is 6.76. The number of rotatable bonds is 3. The van der Waals surface area contributed by atoms with Crippen molar-refractivity contribution in [3.05, 3.63) is 28.2 Å². The molecule has 0 saturated carbocycles. The number of amides is 1. The van der Waals surface area contributed by atoms with Crippen LogP contribution < -0.4 is 10.6 Å². The number of carboxylic acid groups (broad SMARTS) is 1. The molecule has 19 heavy (non-hydrogen) atoms. The number of carboxylic acids is 1. The van der Waals surface area contributed by atoms with Crippen molar-refractivity contribution >= 4 is 33.5 Å². The largest absolute Gasteiger partial charge is 0.481 e. The van der Waals surface area contributed by atoms with Gasteiger partial charge in [-0.1, -0.05) is 6.92 Å². The summed E-state index contributed by atoms with van der Waals surface area (Å²) in [6.07, 6.45) is 0. The minimum absolute atomic E-state index is 0.0974. The van der Waals surface area contributed by atoms with Crippen LogP contribution in [-0.2, 0) is 4.79 Å². The maximum absolute atomic E-state index is 11.1. The van der Waals surface area contributed by atoms with Gasteiger partial charge in [-0.2, -0.15) is 0 Å². The summed E-state index contributed by atoms with van der Waals surface area (Å²) in [6.45, 7) is 3.10. The van der Waals surface area contributed by atoms with Gasteiger partial charge < -0.3 is 15.7 Å². The van der Waals surface area contributed by atoms with Crippen molar-refractivity contribution in [3.8, 4) is 0 Å². The quantitative estimate of drug-likeness (QED) is 0.885. The van der Waals surface area contributed by atoms with E-state index in [2.05, 4.69) is 15.9 Å². The van der Waals surface area contributed by atoms with Gasteiger partial charge in [0.1, 0.15) is 0 Å². The molecule has 1 amide bonds. The molecule has 0 aliphatic carbocycles. The monoisotopic (exact) mass is 326 g/mol. The Hall–Kier alpha value is -1.56. The van der Waals surface area contributed by atoms with Crippen molar-refractivity contribution in [3.63, 3.8) is 0 Å². The highest BCUT2D eigenvalue weighted by atomic mass is 79.9. The van der Waals surface area contributed by atoms with Crippen LogP contribution in [0.25, 0.3) is 0 Å². The molecule has 102 valence electrons. The minimum atomic E-state index is -0.764. The van der Waals surface area contributed by atoms with Crippen LogP contribution in [0.15, 0.2) is 22.7 Å². The van der Waals surface area contributed by atoms with Crippen LogP contribution in [0, 0.1) is 11.8 Å². The highest BCUT2D eigenvalue weighted by Crippen LogP contribution is 2.33. The summed E-state index contributed by atoms with van der Waals surface area (Å²) in [5, 5.41) is 9.13. The lowest BCUT2D eigenvalue weighted by Gasteiger charge is -2.20. The topological polar surface area (TPSA) is 83.6 Å². The van der Waals surface area contributed by atoms with Gasteiger partial charge in [0, 0.05) is 23.1 Å². The van der Waals surface area contributed by atoms with Gasteiger partial charge in [0.2, 0.25) is 5.91 Å². The number of hydrogen-bond acceptors (Lipinski definition) is 3. The predicted molar refractivity (Wildman–Crippen MR) is 75.2 cm³/mol. The fourth-order valence-electron chi connectivity index (χ4n) is 2.40. The van der Waals surface area contributed by atoms with Crippen molar-refractivity contribution in [2.75, 3.05) is 18.0 Å². The van der Waals surface area contributed by atoms with Gasteiger partial charge in [0.25, 0.3) is 0 Å². The summed E-state index contributed by atoms with van der Waals surface area (Å²) in [4.78, 5) is 24.2. The fourth-order valence-corrected chi connectivity index (χ4v) is 3.03. The van der Waals surface area contributed by atoms with Crippen molar-refractivity contribution in [2.24, 2.45) is 17.6 Å². The third-order valence-corrected chi connectivity index (χ3v) is 4.14. The Kier molecular flexibility index (Phi) is 3.80. The molecule has 1 heterocycles. The number of carbonyl (C=O) groups excluding carboxylic acids is 1. The molecule has 0 aromatic heterocycles. The summed E-state index contributed by atoms with van der Waals surface area (Å²) in [7, 11) is 0. The van der Waals surface area contributed by atoms with Gasteiger partial charge in [0.15, 0.2) is 0 Å². The lowest BCUT2D eigenvalue weighted by molar-refractivity contribution is -0.142. The van der Waals surface area contributed by atoms with Gasteiger partial charge in [0.05, 0.1) is 11.6 Å². The van der Waals surface area contributed by atoms with Crippen LogP contribution in [0.2, 0.25) is 0 Å². The number of benzene rings is 1. The number of nitrogens with two attached hydrogens (primary N) is 1. The van der Waals surface area contributed by atoms with Crippen LogP contribution >= 0.6 is 15.9 Å². The average molecular weight is 327 g/mol. The molecule has 1 aromatic carbocycles. The van der Waals surface area contributed by atoms with E-state index < -0.39 is 11.9 Å². The molecule has 1 fully saturated rings. The maximum Gasteiger partial charge on any atom is 0.308 e. The standard InChI is InChI=1S/C13H15BrN2O3/c1-7-5-16(6-9(7)13(18)19)11-3-2-8(12(15)17)4-10(11)14/h2-4,7,9H,5-6H2,1H3,(H2,15,17)(H,18,19)/t7-,9-/m1/s1. The number of nitrogens with zero attached hydrogens (tertiary/aromatic N) is 1. The number of anilines is 1. The SMILES string of the molecule is C[C@@H]1CN(c2ccc(C(N)=O)cc2Br)C[C@H]1C(=O)O. The van der Waals surface area contributed by atoms with E-state index in [0.717, 1.165) is 10.2 Å². The van der Waals surface area contributed by atoms with Gasteiger partial charge in [-0.3, -0.25) is 9.59 Å². The Labute approximate surface area is 119 Å². The number of halogens is 1. The zero-order valence-corrected chi connectivity index (χ0v) is 12.1. The van der Waals surface area contributed by atoms with E-state index in [1.165, 1.54) is 0 Å². The van der Waals surface area contributed by atoms with Gasteiger partial charge in [-0.15, -0.1) is 0 Å². The predicted octanol–water partition coefficient (Wildman–Crippen LogP) is 1.70. The highest BCUT2D eigenvalue weighted by Gasteiger charge is 2.35. The normalized spacial score (nSPS) is 22.5. The first-order valence-electron chi connectivity index (χ1n) is 5.97. The van der Waals surface area contributed by atoms with E-state index in [4.69, 9.17) is 10.8 Å². The Morgan fingerprint density at radius 1 is 1.42 bits per heavy atom. The molecule has 5 nitrogen and oxygen atoms in total. The molecule has 3 N–H and O–H groups in total. The zero-order valence-electron chi connectivity index (χ0n) is 10.5. The molecular weight excluding hydrogens is 312 g/mol. The molecule has 2 atom stereocenters. The van der Waals surface area contributed by atoms with E-state index in [0.29, 0.717) is 18.7 Å². The Bertz CT molecular complexity index is 533. The van der Waals surface area contributed by atoms with Crippen LogP contribution in [0.3, 0.4) is 0 Å². The minimum Gasteiger partial charge on any atom is -0.481 e. The third-order valence-electron chi connectivity index (χ3n) is 3.50. The molecule has 0 bridgehead atoms. The molecule has 1 aromatic rings. The van der Waals surface area contributed by atoms with Gasteiger partial charge in [-0.25, -0.2) is 0 Å². The Morgan fingerprint density at radius 3 is 2.58 bits per heavy atom. The summed E-state index contributed by atoms with van der Waals surface area (Å²) in [6, 6.07) is 5.11. The first kappa shape index (κ1) is 13.9. The van der Waals surface area contributed by atoms with Gasteiger partial charge in [-0.05, 0) is 40.0 Å². The summed E-state index contributed by atoms with van der Waals surface area (Å²) in [5.41, 5.74) is 6.54. The van der Waals surface area contributed by atoms with E-state index in [-0.39, 0.29) is 11.8 Å². The average Bonchev–Trinajstić information content (AvgIpc) is 2.71. The summed E-state index contributed by atoms with van der Waals surface area (Å²) >= 11 is 3.41. The second-order valence-corrected chi connectivity index (χ2v) is 5.71. The molecule has 2 rings (SSSR count). The number of primary amides is 1. The first-order chi connectivity index (χ1) is 8.90.